The fraction of sp³-hybridized carbons (Fsp3) is 0.409. The highest BCUT2D eigenvalue weighted by atomic mass is 16.6. The summed E-state index contributed by atoms with van der Waals surface area (Å²) in [7, 11) is 1.42. The molecule has 2 aromatic rings. The zero-order chi connectivity index (χ0) is 20.3. The van der Waals surface area contributed by atoms with Gasteiger partial charge in [-0.1, -0.05) is 18.2 Å². The fourth-order valence-electron chi connectivity index (χ4n) is 6.06. The second-order valence-corrected chi connectivity index (χ2v) is 8.32. The predicted molar refractivity (Wildman–Crippen MR) is 106 cm³/mol. The van der Waals surface area contributed by atoms with E-state index in [9.17, 15) is 20.0 Å². The molecule has 2 saturated carbocycles. The molecule has 29 heavy (non-hydrogen) atoms. The molecule has 2 aliphatic carbocycles. The van der Waals surface area contributed by atoms with E-state index in [1.54, 1.807) is 18.2 Å². The summed E-state index contributed by atoms with van der Waals surface area (Å²) in [6, 6.07) is 10.4. The minimum atomic E-state index is -0.963. The van der Waals surface area contributed by atoms with Gasteiger partial charge >= 0.3 is 11.7 Å². The lowest BCUT2D eigenvalue weighted by molar-refractivity contribution is -0.385. The van der Waals surface area contributed by atoms with Gasteiger partial charge in [-0.25, -0.2) is 4.79 Å². The number of fused-ring (bicyclic) bond motifs is 7. The predicted octanol–water partition coefficient (Wildman–Crippen LogP) is 4.60. The number of ether oxygens (including phenoxy) is 1. The van der Waals surface area contributed by atoms with E-state index in [4.69, 9.17) is 4.74 Å². The van der Waals surface area contributed by atoms with Crippen LogP contribution in [-0.2, 0) is 0 Å². The molecule has 0 spiro atoms. The van der Waals surface area contributed by atoms with Crippen molar-refractivity contribution in [1.82, 2.24) is 0 Å². The van der Waals surface area contributed by atoms with Crippen LogP contribution in [0.15, 0.2) is 36.4 Å². The Labute approximate surface area is 167 Å². The Morgan fingerprint density at radius 2 is 2.03 bits per heavy atom. The number of aromatic carboxylic acids is 1. The van der Waals surface area contributed by atoms with Crippen LogP contribution in [0.25, 0.3) is 0 Å². The molecule has 0 unspecified atom stereocenters. The molecule has 0 amide bonds. The summed E-state index contributed by atoms with van der Waals surface area (Å²) in [6.45, 7) is 0. The number of benzene rings is 2. The number of carbonyl (C=O) groups is 1. The van der Waals surface area contributed by atoms with E-state index in [1.165, 1.54) is 7.11 Å². The maximum atomic E-state index is 11.8. The van der Waals surface area contributed by atoms with Gasteiger partial charge in [-0.2, -0.15) is 0 Å². The molecule has 0 saturated heterocycles. The summed E-state index contributed by atoms with van der Waals surface area (Å²) in [4.78, 5) is 23.0. The molecule has 2 aromatic carbocycles. The van der Waals surface area contributed by atoms with Crippen molar-refractivity contribution in [3.63, 3.8) is 0 Å². The van der Waals surface area contributed by atoms with Crippen LogP contribution in [0.5, 0.6) is 5.75 Å². The third-order valence-corrected chi connectivity index (χ3v) is 7.11. The monoisotopic (exact) mass is 394 g/mol. The molecular weight excluding hydrogens is 372 g/mol. The normalized spacial score (nSPS) is 28.9. The van der Waals surface area contributed by atoms with Gasteiger partial charge in [0.05, 0.1) is 29.3 Å². The molecule has 0 aromatic heterocycles. The number of methoxy groups -OCH3 is 1. The summed E-state index contributed by atoms with van der Waals surface area (Å²) >= 11 is 0. The quantitative estimate of drug-likeness (QED) is 0.580. The molecule has 2 N–H and O–H groups in total. The Morgan fingerprint density at radius 3 is 2.76 bits per heavy atom. The average molecular weight is 394 g/mol. The summed E-state index contributed by atoms with van der Waals surface area (Å²) in [5.74, 6) is 0.950. The third-order valence-electron chi connectivity index (χ3n) is 7.11. The smallest absolute Gasteiger partial charge is 0.337 e. The van der Waals surface area contributed by atoms with Crippen molar-refractivity contribution in [2.75, 3.05) is 12.4 Å². The number of nitrogens with one attached hydrogen (secondary N) is 1. The summed E-state index contributed by atoms with van der Waals surface area (Å²) in [5, 5.41) is 24.7. The van der Waals surface area contributed by atoms with E-state index in [0.717, 1.165) is 30.4 Å². The Morgan fingerprint density at radius 1 is 1.24 bits per heavy atom. The molecule has 1 heterocycles. The van der Waals surface area contributed by atoms with E-state index in [-0.39, 0.29) is 29.0 Å². The van der Waals surface area contributed by atoms with Gasteiger partial charge in [-0.05, 0) is 66.2 Å². The second kappa shape index (κ2) is 6.47. The summed E-state index contributed by atoms with van der Waals surface area (Å²) < 4.78 is 5.15. The van der Waals surface area contributed by atoms with Gasteiger partial charge in [0.15, 0.2) is 5.75 Å². The number of nitro groups is 1. The minimum absolute atomic E-state index is 0.0659. The van der Waals surface area contributed by atoms with Crippen LogP contribution in [0.2, 0.25) is 0 Å². The van der Waals surface area contributed by atoms with Crippen LogP contribution < -0.4 is 10.1 Å². The highest BCUT2D eigenvalue weighted by Crippen LogP contribution is 2.64. The number of para-hydroxylation sites is 1. The molecule has 5 atom stereocenters. The van der Waals surface area contributed by atoms with Crippen molar-refractivity contribution < 1.29 is 19.6 Å². The fourth-order valence-corrected chi connectivity index (χ4v) is 6.06. The largest absolute Gasteiger partial charge is 0.490 e. The first-order chi connectivity index (χ1) is 14.0. The Hall–Kier alpha value is -3.09. The first-order valence-corrected chi connectivity index (χ1v) is 9.94. The van der Waals surface area contributed by atoms with Crippen LogP contribution in [0.3, 0.4) is 0 Å². The molecule has 3 aliphatic rings. The SMILES string of the molecule is COc1ccc([C@@H]2Nc3c(C(=O)O)cccc3[C@H]3[C@H]4CC[C@@H](C4)[C@H]32)cc1[N+](=O)[O-]. The van der Waals surface area contributed by atoms with E-state index >= 15 is 0 Å². The third kappa shape index (κ3) is 2.60. The number of nitro benzene ring substituents is 1. The van der Waals surface area contributed by atoms with Gasteiger partial charge in [0.25, 0.3) is 0 Å². The first kappa shape index (κ1) is 18.0. The molecular formula is C22H22N2O5. The van der Waals surface area contributed by atoms with Crippen LogP contribution in [0.4, 0.5) is 11.4 Å². The number of carboxylic acids is 1. The van der Waals surface area contributed by atoms with Crippen LogP contribution >= 0.6 is 0 Å². The van der Waals surface area contributed by atoms with Crippen molar-refractivity contribution in [2.24, 2.45) is 17.8 Å². The molecule has 7 heteroatoms. The number of nitrogens with zero attached hydrogens (tertiary/aromatic N) is 1. The van der Waals surface area contributed by atoms with Crippen molar-refractivity contribution in [3.05, 3.63) is 63.2 Å². The zero-order valence-corrected chi connectivity index (χ0v) is 16.0. The van der Waals surface area contributed by atoms with Crippen molar-refractivity contribution in [3.8, 4) is 5.75 Å². The van der Waals surface area contributed by atoms with Crippen molar-refractivity contribution >= 4 is 17.3 Å². The Balaban J connectivity index is 1.66. The first-order valence-electron chi connectivity index (χ1n) is 9.94. The van der Waals surface area contributed by atoms with E-state index < -0.39 is 10.9 Å². The maximum absolute atomic E-state index is 11.8. The number of hydrogen-bond acceptors (Lipinski definition) is 5. The lowest BCUT2D eigenvalue weighted by Crippen LogP contribution is -2.36. The summed E-state index contributed by atoms with van der Waals surface area (Å²) in [6.07, 6.45) is 3.47. The van der Waals surface area contributed by atoms with Gasteiger partial charge in [-0.15, -0.1) is 0 Å². The lowest BCUT2D eigenvalue weighted by Gasteiger charge is -2.44. The molecule has 5 rings (SSSR count). The van der Waals surface area contributed by atoms with Crippen molar-refractivity contribution in [1.29, 1.82) is 0 Å². The van der Waals surface area contributed by atoms with E-state index in [1.807, 2.05) is 18.2 Å². The molecule has 7 nitrogen and oxygen atoms in total. The second-order valence-electron chi connectivity index (χ2n) is 8.32. The van der Waals surface area contributed by atoms with Crippen LogP contribution in [0, 0.1) is 27.9 Å². The summed E-state index contributed by atoms with van der Waals surface area (Å²) in [5.41, 5.74) is 2.75. The van der Waals surface area contributed by atoms with Crippen LogP contribution in [-0.4, -0.2) is 23.1 Å². The number of rotatable bonds is 4. The minimum Gasteiger partial charge on any atom is -0.490 e. The molecule has 2 fully saturated rings. The highest BCUT2D eigenvalue weighted by molar-refractivity contribution is 5.95. The van der Waals surface area contributed by atoms with Gasteiger partial charge in [0, 0.05) is 6.07 Å². The molecule has 0 radical (unpaired) electrons. The topological polar surface area (TPSA) is 102 Å². The number of hydrogen-bond donors (Lipinski definition) is 2. The van der Waals surface area contributed by atoms with Gasteiger partial charge in [-0.3, -0.25) is 10.1 Å². The highest BCUT2D eigenvalue weighted by Gasteiger charge is 2.54. The Kier molecular flexibility index (Phi) is 4.01. The van der Waals surface area contributed by atoms with E-state index in [2.05, 4.69) is 5.32 Å². The number of anilines is 1. The van der Waals surface area contributed by atoms with Crippen molar-refractivity contribution in [2.45, 2.75) is 31.2 Å². The zero-order valence-electron chi connectivity index (χ0n) is 16.0. The molecule has 2 bridgehead atoms. The molecule has 1 aliphatic heterocycles. The van der Waals surface area contributed by atoms with Gasteiger partial charge < -0.3 is 15.2 Å². The molecule has 150 valence electrons. The Bertz CT molecular complexity index is 1020. The maximum Gasteiger partial charge on any atom is 0.337 e. The lowest BCUT2D eigenvalue weighted by atomic mass is 9.67. The van der Waals surface area contributed by atoms with E-state index in [0.29, 0.717) is 23.4 Å². The van der Waals surface area contributed by atoms with Gasteiger partial charge in [0.2, 0.25) is 0 Å². The number of carboxylic acid groups (broad SMARTS) is 1. The van der Waals surface area contributed by atoms with Crippen LogP contribution in [0.1, 0.15) is 52.7 Å². The van der Waals surface area contributed by atoms with Gasteiger partial charge in [0.1, 0.15) is 0 Å². The average Bonchev–Trinajstić information content (AvgIpc) is 3.34. The standard InChI is InChI=1S/C22H22N2O5/c1-29-17-8-7-13(10-16(17)24(27)28)20-19-12-6-5-11(9-12)18(19)14-3-2-4-15(22(25)26)21(14)23-20/h2-4,7-8,10-12,18-20,23H,5-6,9H2,1H3,(H,25,26)/t11-,12-,18+,19+,20-/m0/s1.